The molecular weight excluding hydrogens is 388 g/mol. The van der Waals surface area contributed by atoms with Gasteiger partial charge in [-0.3, -0.25) is 14.2 Å². The number of nitrogens with zero attached hydrogens (tertiary/aromatic N) is 3. The molecule has 0 unspecified atom stereocenters. The van der Waals surface area contributed by atoms with E-state index in [-0.39, 0.29) is 23.6 Å². The van der Waals surface area contributed by atoms with E-state index in [0.717, 1.165) is 0 Å². The predicted octanol–water partition coefficient (Wildman–Crippen LogP) is 2.91. The zero-order valence-corrected chi connectivity index (χ0v) is 16.7. The minimum atomic E-state index is -0.217. The molecular formula is C21H20N4O3S. The lowest BCUT2D eigenvalue weighted by Crippen LogP contribution is -2.27. The highest BCUT2D eigenvalue weighted by atomic mass is 32.2. The maximum Gasteiger partial charge on any atom is 0.266 e. The van der Waals surface area contributed by atoms with E-state index in [1.807, 2.05) is 19.1 Å². The third-order valence-electron chi connectivity index (χ3n) is 4.04. The SMILES string of the molecule is CCOc1ccc(-n2c(SCC(=O)NCCC#N)nc3ccccc3c2=O)cc1. The molecule has 0 fully saturated rings. The van der Waals surface area contributed by atoms with Crippen LogP contribution < -0.4 is 15.6 Å². The number of carbonyl (C=O) groups is 1. The second-order valence-electron chi connectivity index (χ2n) is 6.03. The van der Waals surface area contributed by atoms with Crippen LogP contribution in [0.2, 0.25) is 0 Å². The average molecular weight is 408 g/mol. The quantitative estimate of drug-likeness (QED) is 0.350. The van der Waals surface area contributed by atoms with Gasteiger partial charge >= 0.3 is 0 Å². The fourth-order valence-electron chi connectivity index (χ4n) is 2.73. The lowest BCUT2D eigenvalue weighted by Gasteiger charge is -2.14. The molecule has 0 aliphatic carbocycles. The number of aromatic nitrogens is 2. The smallest absolute Gasteiger partial charge is 0.266 e. The monoisotopic (exact) mass is 408 g/mol. The molecule has 29 heavy (non-hydrogen) atoms. The maximum absolute atomic E-state index is 13.2. The first-order valence-corrected chi connectivity index (χ1v) is 10.1. The Bertz CT molecular complexity index is 1100. The molecule has 0 radical (unpaired) electrons. The molecule has 3 rings (SSSR count). The summed E-state index contributed by atoms with van der Waals surface area (Å²) in [6.45, 7) is 2.76. The number of fused-ring (bicyclic) bond motifs is 1. The summed E-state index contributed by atoms with van der Waals surface area (Å²) >= 11 is 1.18. The molecule has 1 heterocycles. The number of hydrogen-bond acceptors (Lipinski definition) is 6. The second-order valence-corrected chi connectivity index (χ2v) is 6.97. The first kappa shape index (κ1) is 20.4. The Hall–Kier alpha value is -3.31. The van der Waals surface area contributed by atoms with Gasteiger partial charge in [-0.1, -0.05) is 23.9 Å². The molecule has 0 atom stereocenters. The molecule has 1 N–H and O–H groups in total. The highest BCUT2D eigenvalue weighted by molar-refractivity contribution is 7.99. The van der Waals surface area contributed by atoms with Crippen molar-refractivity contribution in [1.29, 1.82) is 5.26 Å². The number of nitrogens with one attached hydrogen (secondary N) is 1. The van der Waals surface area contributed by atoms with Crippen LogP contribution in [0.4, 0.5) is 0 Å². The summed E-state index contributed by atoms with van der Waals surface area (Å²) in [5.74, 6) is 0.586. The number of rotatable bonds is 8. The Labute approximate surface area is 172 Å². The number of para-hydroxylation sites is 1. The third kappa shape index (κ3) is 4.95. The normalized spacial score (nSPS) is 10.5. The standard InChI is InChI=1S/C21H20N4O3S/c1-2-28-16-10-8-15(9-11-16)25-20(27)17-6-3-4-7-18(17)24-21(25)29-14-19(26)23-13-5-12-22/h3-4,6-11H,2,5,13-14H2,1H3,(H,23,26). The first-order chi connectivity index (χ1) is 14.1. The van der Waals surface area contributed by atoms with Crippen LogP contribution in [0.15, 0.2) is 58.5 Å². The van der Waals surface area contributed by atoms with Gasteiger partial charge in [0.15, 0.2) is 5.16 Å². The Kier molecular flexibility index (Phi) is 6.87. The van der Waals surface area contributed by atoms with Crippen molar-refractivity contribution in [3.05, 3.63) is 58.9 Å². The summed E-state index contributed by atoms with van der Waals surface area (Å²) in [6, 6.07) is 16.3. The van der Waals surface area contributed by atoms with Crippen LogP contribution in [0.25, 0.3) is 16.6 Å². The minimum absolute atomic E-state index is 0.0905. The van der Waals surface area contributed by atoms with E-state index in [2.05, 4.69) is 10.3 Å². The maximum atomic E-state index is 13.2. The van der Waals surface area contributed by atoms with Crippen molar-refractivity contribution >= 4 is 28.6 Å². The predicted molar refractivity (Wildman–Crippen MR) is 112 cm³/mol. The number of benzene rings is 2. The molecule has 0 spiro atoms. The van der Waals surface area contributed by atoms with Crippen LogP contribution in [0, 0.1) is 11.3 Å². The van der Waals surface area contributed by atoms with Gasteiger partial charge in [-0.05, 0) is 43.3 Å². The van der Waals surface area contributed by atoms with E-state index in [1.165, 1.54) is 16.3 Å². The molecule has 2 aromatic carbocycles. The van der Waals surface area contributed by atoms with Crippen molar-refractivity contribution < 1.29 is 9.53 Å². The fraction of sp³-hybridized carbons (Fsp3) is 0.238. The van der Waals surface area contributed by atoms with Gasteiger partial charge in [-0.2, -0.15) is 5.26 Å². The van der Waals surface area contributed by atoms with Crippen LogP contribution >= 0.6 is 11.8 Å². The van der Waals surface area contributed by atoms with Crippen LogP contribution in [-0.4, -0.2) is 34.4 Å². The van der Waals surface area contributed by atoms with E-state index in [9.17, 15) is 9.59 Å². The van der Waals surface area contributed by atoms with Gasteiger partial charge in [0.2, 0.25) is 5.91 Å². The number of nitriles is 1. The van der Waals surface area contributed by atoms with Crippen LogP contribution in [0.5, 0.6) is 5.75 Å². The minimum Gasteiger partial charge on any atom is -0.494 e. The van der Waals surface area contributed by atoms with Gasteiger partial charge in [0.25, 0.3) is 5.56 Å². The highest BCUT2D eigenvalue weighted by Gasteiger charge is 2.15. The van der Waals surface area contributed by atoms with Gasteiger partial charge in [0.1, 0.15) is 5.75 Å². The van der Waals surface area contributed by atoms with E-state index in [1.54, 1.807) is 42.5 Å². The molecule has 3 aromatic rings. The average Bonchev–Trinajstić information content (AvgIpc) is 2.74. The van der Waals surface area contributed by atoms with Gasteiger partial charge in [-0.25, -0.2) is 4.98 Å². The Morgan fingerprint density at radius 2 is 2.00 bits per heavy atom. The molecule has 1 amide bonds. The molecule has 8 heteroatoms. The summed E-state index contributed by atoms with van der Waals surface area (Å²) in [6.07, 6.45) is 0.252. The molecule has 1 aromatic heterocycles. The zero-order valence-electron chi connectivity index (χ0n) is 15.9. The van der Waals surface area contributed by atoms with Gasteiger partial charge in [-0.15, -0.1) is 0 Å². The molecule has 0 saturated carbocycles. The Balaban J connectivity index is 1.96. The largest absolute Gasteiger partial charge is 0.494 e. The van der Waals surface area contributed by atoms with Gasteiger partial charge in [0.05, 0.1) is 41.4 Å². The second kappa shape index (κ2) is 9.75. The molecule has 0 saturated heterocycles. The van der Waals surface area contributed by atoms with Crippen LogP contribution in [0.1, 0.15) is 13.3 Å². The van der Waals surface area contributed by atoms with E-state index >= 15 is 0 Å². The summed E-state index contributed by atoms with van der Waals surface area (Å²) in [7, 11) is 0. The lowest BCUT2D eigenvalue weighted by atomic mass is 10.2. The Morgan fingerprint density at radius 1 is 1.24 bits per heavy atom. The van der Waals surface area contributed by atoms with Crippen LogP contribution in [-0.2, 0) is 4.79 Å². The highest BCUT2D eigenvalue weighted by Crippen LogP contribution is 2.22. The number of ether oxygens (including phenoxy) is 1. The van der Waals surface area contributed by atoms with Crippen LogP contribution in [0.3, 0.4) is 0 Å². The summed E-state index contributed by atoms with van der Waals surface area (Å²) in [4.78, 5) is 29.8. The summed E-state index contributed by atoms with van der Waals surface area (Å²) in [5.41, 5.74) is 1.02. The Morgan fingerprint density at radius 3 is 2.72 bits per heavy atom. The molecule has 0 aliphatic heterocycles. The van der Waals surface area contributed by atoms with Crippen molar-refractivity contribution in [2.24, 2.45) is 0 Å². The van der Waals surface area contributed by atoms with Gasteiger partial charge in [0, 0.05) is 6.54 Å². The molecule has 0 bridgehead atoms. The summed E-state index contributed by atoms with van der Waals surface area (Å²) in [5, 5.41) is 12.2. The number of carbonyl (C=O) groups excluding carboxylic acids is 1. The van der Waals surface area contributed by atoms with E-state index in [4.69, 9.17) is 10.00 Å². The number of hydrogen-bond donors (Lipinski definition) is 1. The number of amides is 1. The van der Waals surface area contributed by atoms with Crippen molar-refractivity contribution in [3.63, 3.8) is 0 Å². The van der Waals surface area contributed by atoms with Crippen molar-refractivity contribution in [3.8, 4) is 17.5 Å². The first-order valence-electron chi connectivity index (χ1n) is 9.15. The lowest BCUT2D eigenvalue weighted by molar-refractivity contribution is -0.118. The van der Waals surface area contributed by atoms with Crippen molar-refractivity contribution in [2.75, 3.05) is 18.9 Å². The van der Waals surface area contributed by atoms with Crippen molar-refractivity contribution in [1.82, 2.24) is 14.9 Å². The van der Waals surface area contributed by atoms with Crippen molar-refractivity contribution in [2.45, 2.75) is 18.5 Å². The molecule has 0 aliphatic rings. The molecule has 148 valence electrons. The van der Waals surface area contributed by atoms with E-state index in [0.29, 0.717) is 40.6 Å². The zero-order chi connectivity index (χ0) is 20.6. The summed E-state index contributed by atoms with van der Waals surface area (Å²) < 4.78 is 6.97. The molecule has 7 nitrogen and oxygen atoms in total. The van der Waals surface area contributed by atoms with Gasteiger partial charge < -0.3 is 10.1 Å². The van der Waals surface area contributed by atoms with E-state index < -0.39 is 0 Å². The topological polar surface area (TPSA) is 97.0 Å². The number of thioether (sulfide) groups is 1. The fourth-order valence-corrected chi connectivity index (χ4v) is 3.58. The third-order valence-corrected chi connectivity index (χ3v) is 4.98.